The monoisotopic (exact) mass is 216 g/mol. The molecule has 0 aliphatic carbocycles. The summed E-state index contributed by atoms with van der Waals surface area (Å²) in [5.41, 5.74) is 0. The second-order valence-corrected chi connectivity index (χ2v) is 2.39. The molecule has 0 fully saturated rings. The van der Waals surface area contributed by atoms with Crippen LogP contribution in [0.4, 0.5) is 0 Å². The number of hydrogen-bond donors (Lipinski definition) is 0. The molecule has 0 amide bonds. The van der Waals surface area contributed by atoms with Gasteiger partial charge in [-0.3, -0.25) is 0 Å². The fourth-order valence-electron chi connectivity index (χ4n) is 0.667. The van der Waals surface area contributed by atoms with Gasteiger partial charge in [-0.2, -0.15) is 0 Å². The number of nitrogens with zero attached hydrogens (tertiary/aromatic N) is 2. The lowest BCUT2D eigenvalue weighted by atomic mass is 10.2. The minimum atomic E-state index is -0.630. The molecule has 0 bridgehead atoms. The summed E-state index contributed by atoms with van der Waals surface area (Å²) in [6.07, 6.45) is 0.403. The summed E-state index contributed by atoms with van der Waals surface area (Å²) in [5.74, 6) is -0.447. The number of esters is 1. The lowest BCUT2D eigenvalue weighted by Gasteiger charge is -2.05. The van der Waals surface area contributed by atoms with Crippen molar-refractivity contribution in [3.05, 3.63) is 0 Å². The Morgan fingerprint density at radius 1 is 1.54 bits per heavy atom. The predicted octanol–water partition coefficient (Wildman–Crippen LogP) is 1.12. The van der Waals surface area contributed by atoms with E-state index in [4.69, 9.17) is 0 Å². The molecule has 0 aromatic heterocycles. The maximum Gasteiger partial charge on any atom is 0.331 e. The highest BCUT2D eigenvalue weighted by Crippen LogP contribution is 1.99. The van der Waals surface area contributed by atoms with Crippen LogP contribution in [0.2, 0.25) is 0 Å². The SMILES string of the molecule is COC(=O)C(CCN=C=S)N=C=S. The molecular formula is C7H8N2O2S2. The molecule has 0 N–H and O–H groups in total. The van der Waals surface area contributed by atoms with Gasteiger partial charge < -0.3 is 4.74 Å². The van der Waals surface area contributed by atoms with Crippen molar-refractivity contribution in [3.8, 4) is 0 Å². The van der Waals surface area contributed by atoms with Crippen molar-refractivity contribution in [2.75, 3.05) is 13.7 Å². The molecule has 0 aromatic carbocycles. The Hall–Kier alpha value is -0.930. The van der Waals surface area contributed by atoms with Gasteiger partial charge in [0.25, 0.3) is 0 Å². The number of hydrogen-bond acceptors (Lipinski definition) is 6. The van der Waals surface area contributed by atoms with E-state index in [9.17, 15) is 4.79 Å². The zero-order chi connectivity index (χ0) is 10.1. The molecule has 0 radical (unpaired) electrons. The van der Waals surface area contributed by atoms with Gasteiger partial charge >= 0.3 is 5.97 Å². The van der Waals surface area contributed by atoms with Gasteiger partial charge in [0.05, 0.1) is 24.0 Å². The summed E-state index contributed by atoms with van der Waals surface area (Å²) in [6.45, 7) is 0.379. The highest BCUT2D eigenvalue weighted by Gasteiger charge is 2.16. The van der Waals surface area contributed by atoms with Crippen molar-refractivity contribution in [3.63, 3.8) is 0 Å². The minimum Gasteiger partial charge on any atom is -0.467 e. The second kappa shape index (κ2) is 7.71. The van der Waals surface area contributed by atoms with Crippen LogP contribution in [-0.2, 0) is 9.53 Å². The van der Waals surface area contributed by atoms with Gasteiger partial charge in [-0.05, 0) is 24.4 Å². The molecule has 0 rings (SSSR count). The van der Waals surface area contributed by atoms with Gasteiger partial charge in [0.15, 0.2) is 6.04 Å². The maximum absolute atomic E-state index is 11.0. The summed E-state index contributed by atoms with van der Waals surface area (Å²) in [4.78, 5) is 18.3. The molecular weight excluding hydrogens is 208 g/mol. The fourth-order valence-corrected chi connectivity index (χ4v) is 0.886. The zero-order valence-corrected chi connectivity index (χ0v) is 8.65. The van der Waals surface area contributed by atoms with Crippen molar-refractivity contribution in [1.29, 1.82) is 0 Å². The van der Waals surface area contributed by atoms with Crippen LogP contribution in [0.5, 0.6) is 0 Å². The molecule has 0 heterocycles. The molecule has 70 valence electrons. The van der Waals surface area contributed by atoms with E-state index in [1.165, 1.54) is 7.11 Å². The number of carbonyl (C=O) groups excluding carboxylic acids is 1. The number of isothiocyanates is 2. The first-order valence-electron chi connectivity index (χ1n) is 3.44. The van der Waals surface area contributed by atoms with E-state index in [1.54, 1.807) is 0 Å². The molecule has 0 aliphatic rings. The Morgan fingerprint density at radius 2 is 2.23 bits per heavy atom. The third-order valence-electron chi connectivity index (χ3n) is 1.26. The summed E-state index contributed by atoms with van der Waals surface area (Å²) < 4.78 is 4.49. The smallest absolute Gasteiger partial charge is 0.331 e. The van der Waals surface area contributed by atoms with Gasteiger partial charge in [-0.15, -0.1) is 0 Å². The highest BCUT2D eigenvalue weighted by molar-refractivity contribution is 7.78. The molecule has 0 saturated carbocycles. The molecule has 4 nitrogen and oxygen atoms in total. The van der Waals surface area contributed by atoms with Crippen molar-refractivity contribution >= 4 is 40.7 Å². The van der Waals surface area contributed by atoms with Crippen molar-refractivity contribution in [1.82, 2.24) is 0 Å². The largest absolute Gasteiger partial charge is 0.467 e. The Labute approximate surface area is 86.7 Å². The van der Waals surface area contributed by atoms with Crippen LogP contribution in [0.25, 0.3) is 0 Å². The lowest BCUT2D eigenvalue weighted by Crippen LogP contribution is -2.20. The van der Waals surface area contributed by atoms with Gasteiger partial charge in [0, 0.05) is 6.42 Å². The molecule has 0 aliphatic heterocycles. The Morgan fingerprint density at radius 3 is 2.69 bits per heavy atom. The number of aliphatic imine (C=N–C) groups is 2. The van der Waals surface area contributed by atoms with Crippen LogP contribution in [0.15, 0.2) is 9.98 Å². The zero-order valence-electron chi connectivity index (χ0n) is 7.02. The first-order valence-corrected chi connectivity index (χ1v) is 4.26. The van der Waals surface area contributed by atoms with Crippen molar-refractivity contribution in [2.24, 2.45) is 9.98 Å². The van der Waals surface area contributed by atoms with Gasteiger partial charge in [0.2, 0.25) is 0 Å². The molecule has 6 heteroatoms. The van der Waals surface area contributed by atoms with Crippen molar-refractivity contribution < 1.29 is 9.53 Å². The minimum absolute atomic E-state index is 0.379. The highest BCUT2D eigenvalue weighted by atomic mass is 32.1. The average molecular weight is 216 g/mol. The quantitative estimate of drug-likeness (QED) is 0.392. The summed E-state index contributed by atoms with van der Waals surface area (Å²) in [6, 6.07) is -0.630. The van der Waals surface area contributed by atoms with Crippen LogP contribution >= 0.6 is 24.4 Å². The third-order valence-corrected chi connectivity index (χ3v) is 1.50. The molecule has 1 unspecified atom stereocenters. The Bertz CT molecular complexity index is 268. The first-order chi connectivity index (χ1) is 6.26. The standard InChI is InChI=1S/C7H8N2O2S2/c1-11-7(10)6(9-5-13)2-3-8-4-12/h6H,2-3H2,1H3. The number of thiocarbonyl (C=S) groups is 2. The Balaban J connectivity index is 4.16. The molecule has 0 spiro atoms. The number of carbonyl (C=O) groups is 1. The first kappa shape index (κ1) is 12.1. The van der Waals surface area contributed by atoms with Gasteiger partial charge in [0.1, 0.15) is 0 Å². The fraction of sp³-hybridized carbons (Fsp3) is 0.571. The van der Waals surface area contributed by atoms with Crippen LogP contribution < -0.4 is 0 Å². The number of methoxy groups -OCH3 is 1. The number of ether oxygens (including phenoxy) is 1. The summed E-state index contributed by atoms with van der Waals surface area (Å²) in [5, 5.41) is 4.32. The summed E-state index contributed by atoms with van der Waals surface area (Å²) in [7, 11) is 1.29. The van der Waals surface area contributed by atoms with Crippen LogP contribution in [-0.4, -0.2) is 36.0 Å². The predicted molar refractivity (Wildman–Crippen MR) is 55.3 cm³/mol. The van der Waals surface area contributed by atoms with Crippen LogP contribution in [0.3, 0.4) is 0 Å². The maximum atomic E-state index is 11.0. The average Bonchev–Trinajstić information content (AvgIpc) is 2.16. The van der Waals surface area contributed by atoms with E-state index >= 15 is 0 Å². The van der Waals surface area contributed by atoms with E-state index in [2.05, 4.69) is 49.5 Å². The molecule has 13 heavy (non-hydrogen) atoms. The lowest BCUT2D eigenvalue weighted by molar-refractivity contribution is -0.142. The summed E-state index contributed by atoms with van der Waals surface area (Å²) >= 11 is 8.75. The molecule has 1 atom stereocenters. The van der Waals surface area contributed by atoms with E-state index in [1.807, 2.05) is 0 Å². The normalized spacial score (nSPS) is 10.5. The van der Waals surface area contributed by atoms with Crippen LogP contribution in [0.1, 0.15) is 6.42 Å². The van der Waals surface area contributed by atoms with E-state index < -0.39 is 12.0 Å². The van der Waals surface area contributed by atoms with Gasteiger partial charge in [-0.1, -0.05) is 0 Å². The molecule has 0 aromatic rings. The topological polar surface area (TPSA) is 51.0 Å². The van der Waals surface area contributed by atoms with E-state index in [0.717, 1.165) is 0 Å². The van der Waals surface area contributed by atoms with Crippen molar-refractivity contribution in [2.45, 2.75) is 12.5 Å². The molecule has 0 saturated heterocycles. The van der Waals surface area contributed by atoms with Crippen LogP contribution in [0, 0.1) is 0 Å². The van der Waals surface area contributed by atoms with Gasteiger partial charge in [-0.25, -0.2) is 14.8 Å². The number of rotatable bonds is 5. The second-order valence-electron chi connectivity index (χ2n) is 2.02. The third kappa shape index (κ3) is 5.33. The van der Waals surface area contributed by atoms with E-state index in [0.29, 0.717) is 13.0 Å². The Kier molecular flexibility index (Phi) is 7.15. The van der Waals surface area contributed by atoms with E-state index in [-0.39, 0.29) is 0 Å².